The van der Waals surface area contributed by atoms with Gasteiger partial charge in [0.1, 0.15) is 0 Å². The molecule has 1 aliphatic carbocycles. The van der Waals surface area contributed by atoms with Gasteiger partial charge in [0.15, 0.2) is 0 Å². The van der Waals surface area contributed by atoms with Gasteiger partial charge in [-0.3, -0.25) is 4.99 Å². The standard InChI is InChI=1S/C28H30N2/c1-2-3-21-29-26-19-10-11-20-27(26)30-28-24(22-13-6-4-7-14-22)17-12-18-25(28)23-15-8-5-9-16-23/h4-9,12-18,20,30H,2-3,10-11,19,21H2,1H3. The molecule has 152 valence electrons. The van der Waals surface area contributed by atoms with Crippen molar-refractivity contribution < 1.29 is 0 Å². The molecule has 0 aromatic heterocycles. The lowest BCUT2D eigenvalue weighted by atomic mass is 9.94. The third kappa shape index (κ3) is 4.71. The van der Waals surface area contributed by atoms with Gasteiger partial charge in [-0.25, -0.2) is 0 Å². The van der Waals surface area contributed by atoms with Crippen molar-refractivity contribution in [2.24, 2.45) is 4.99 Å². The number of rotatable bonds is 7. The zero-order valence-corrected chi connectivity index (χ0v) is 17.8. The highest BCUT2D eigenvalue weighted by Crippen LogP contribution is 2.38. The number of benzene rings is 3. The van der Waals surface area contributed by atoms with Crippen LogP contribution in [0.1, 0.15) is 39.0 Å². The highest BCUT2D eigenvalue weighted by molar-refractivity contribution is 6.05. The summed E-state index contributed by atoms with van der Waals surface area (Å²) in [6, 6.07) is 27.8. The lowest BCUT2D eigenvalue weighted by Gasteiger charge is -2.22. The maximum atomic E-state index is 4.94. The van der Waals surface area contributed by atoms with Gasteiger partial charge in [0.25, 0.3) is 0 Å². The number of aliphatic imine (C=N–C) groups is 1. The first-order valence-electron chi connectivity index (χ1n) is 11.1. The number of hydrogen-bond donors (Lipinski definition) is 1. The van der Waals surface area contributed by atoms with Crippen LogP contribution in [0.3, 0.4) is 0 Å². The second kappa shape index (κ2) is 10.1. The van der Waals surface area contributed by atoms with E-state index in [2.05, 4.69) is 97.2 Å². The highest BCUT2D eigenvalue weighted by Gasteiger charge is 2.17. The smallest absolute Gasteiger partial charge is 0.0579 e. The Kier molecular flexibility index (Phi) is 6.76. The molecule has 3 aromatic carbocycles. The monoisotopic (exact) mass is 394 g/mol. The summed E-state index contributed by atoms with van der Waals surface area (Å²) in [7, 11) is 0. The number of allylic oxidation sites excluding steroid dienone is 2. The molecule has 0 amide bonds. The zero-order valence-electron chi connectivity index (χ0n) is 17.8. The number of nitrogens with one attached hydrogen (secondary N) is 1. The molecule has 0 unspecified atom stereocenters. The van der Waals surface area contributed by atoms with Gasteiger partial charge < -0.3 is 5.32 Å². The largest absolute Gasteiger partial charge is 0.353 e. The van der Waals surface area contributed by atoms with Crippen LogP contribution in [0.2, 0.25) is 0 Å². The van der Waals surface area contributed by atoms with Crippen molar-refractivity contribution in [3.63, 3.8) is 0 Å². The van der Waals surface area contributed by atoms with Gasteiger partial charge in [0.2, 0.25) is 0 Å². The highest BCUT2D eigenvalue weighted by atomic mass is 14.9. The van der Waals surface area contributed by atoms with E-state index in [4.69, 9.17) is 4.99 Å². The Bertz CT molecular complexity index is 959. The number of nitrogens with zero attached hydrogens (tertiary/aromatic N) is 1. The van der Waals surface area contributed by atoms with Crippen molar-refractivity contribution >= 4 is 11.4 Å². The van der Waals surface area contributed by atoms with Crippen LogP contribution in [-0.2, 0) is 0 Å². The number of anilines is 1. The first-order valence-corrected chi connectivity index (χ1v) is 11.1. The van der Waals surface area contributed by atoms with Gasteiger partial charge in [-0.1, -0.05) is 98.3 Å². The summed E-state index contributed by atoms with van der Waals surface area (Å²) < 4.78 is 0. The summed E-state index contributed by atoms with van der Waals surface area (Å²) in [5, 5.41) is 3.82. The Morgan fingerprint density at radius 3 is 2.03 bits per heavy atom. The van der Waals surface area contributed by atoms with Crippen LogP contribution in [0.25, 0.3) is 22.3 Å². The molecule has 0 saturated heterocycles. The molecule has 3 aromatic rings. The molecule has 0 bridgehead atoms. The van der Waals surface area contributed by atoms with E-state index in [1.54, 1.807) is 0 Å². The number of unbranched alkanes of at least 4 members (excludes halogenated alkanes) is 1. The minimum atomic E-state index is 0.913. The SMILES string of the molecule is CCCCN=C1CCCC=C1Nc1c(-c2ccccc2)cccc1-c1ccccc1. The van der Waals surface area contributed by atoms with Gasteiger partial charge in [-0.2, -0.15) is 0 Å². The molecule has 30 heavy (non-hydrogen) atoms. The summed E-state index contributed by atoms with van der Waals surface area (Å²) in [5.41, 5.74) is 8.44. The molecule has 1 N–H and O–H groups in total. The molecule has 2 nitrogen and oxygen atoms in total. The van der Waals surface area contributed by atoms with Crippen LogP contribution in [0.5, 0.6) is 0 Å². The van der Waals surface area contributed by atoms with Crippen LogP contribution >= 0.6 is 0 Å². The molecule has 0 spiro atoms. The zero-order chi connectivity index (χ0) is 20.6. The Hall–Kier alpha value is -3.13. The first kappa shape index (κ1) is 20.2. The molecule has 0 radical (unpaired) electrons. The fraction of sp³-hybridized carbons (Fsp3) is 0.250. The Morgan fingerprint density at radius 1 is 0.800 bits per heavy atom. The van der Waals surface area contributed by atoms with E-state index in [-0.39, 0.29) is 0 Å². The topological polar surface area (TPSA) is 24.4 Å². The van der Waals surface area contributed by atoms with Gasteiger partial charge in [0.05, 0.1) is 17.1 Å². The molecule has 0 fully saturated rings. The minimum Gasteiger partial charge on any atom is -0.353 e. The second-order valence-electron chi connectivity index (χ2n) is 7.78. The maximum Gasteiger partial charge on any atom is 0.0579 e. The van der Waals surface area contributed by atoms with Crippen molar-refractivity contribution in [1.29, 1.82) is 0 Å². The normalized spacial score (nSPS) is 15.1. The van der Waals surface area contributed by atoms with Crippen molar-refractivity contribution in [2.45, 2.75) is 39.0 Å². The Labute approximate surface area is 180 Å². The van der Waals surface area contributed by atoms with Crippen LogP contribution in [0, 0.1) is 0 Å². The molecule has 4 rings (SSSR count). The van der Waals surface area contributed by atoms with Gasteiger partial charge >= 0.3 is 0 Å². The van der Waals surface area contributed by atoms with Gasteiger partial charge in [0, 0.05) is 17.7 Å². The lowest BCUT2D eigenvalue weighted by Crippen LogP contribution is -2.16. The molecular weight excluding hydrogens is 364 g/mol. The van der Waals surface area contributed by atoms with Crippen LogP contribution in [0.4, 0.5) is 5.69 Å². The quantitative estimate of drug-likeness (QED) is 0.407. The third-order valence-electron chi connectivity index (χ3n) is 5.59. The van der Waals surface area contributed by atoms with Crippen LogP contribution in [-0.4, -0.2) is 12.3 Å². The average molecular weight is 395 g/mol. The molecule has 0 atom stereocenters. The van der Waals surface area contributed by atoms with E-state index in [0.29, 0.717) is 0 Å². The molecule has 0 saturated carbocycles. The van der Waals surface area contributed by atoms with E-state index in [1.165, 1.54) is 46.5 Å². The summed E-state index contributed by atoms with van der Waals surface area (Å²) in [5.74, 6) is 0. The Balaban J connectivity index is 1.79. The van der Waals surface area contributed by atoms with Gasteiger partial charge in [-0.15, -0.1) is 0 Å². The van der Waals surface area contributed by atoms with Crippen molar-refractivity contribution in [1.82, 2.24) is 0 Å². The van der Waals surface area contributed by atoms with E-state index in [0.717, 1.165) is 31.5 Å². The third-order valence-corrected chi connectivity index (χ3v) is 5.59. The molecule has 2 heteroatoms. The van der Waals surface area contributed by atoms with Crippen LogP contribution in [0.15, 0.2) is 95.6 Å². The lowest BCUT2D eigenvalue weighted by molar-refractivity contribution is 0.795. The summed E-state index contributed by atoms with van der Waals surface area (Å²) in [6.07, 6.45) is 7.98. The number of hydrogen-bond acceptors (Lipinski definition) is 2. The predicted molar refractivity (Wildman–Crippen MR) is 130 cm³/mol. The molecule has 1 aliphatic rings. The second-order valence-corrected chi connectivity index (χ2v) is 7.78. The minimum absolute atomic E-state index is 0.913. The summed E-state index contributed by atoms with van der Waals surface area (Å²) in [4.78, 5) is 4.94. The van der Waals surface area contributed by atoms with Crippen molar-refractivity contribution in [2.75, 3.05) is 11.9 Å². The maximum absolute atomic E-state index is 4.94. The fourth-order valence-corrected chi connectivity index (χ4v) is 3.97. The van der Waals surface area contributed by atoms with E-state index in [1.807, 2.05) is 0 Å². The Morgan fingerprint density at radius 2 is 1.43 bits per heavy atom. The van der Waals surface area contributed by atoms with Gasteiger partial charge in [-0.05, 0) is 36.8 Å². The molecular formula is C28H30N2. The summed E-state index contributed by atoms with van der Waals surface area (Å²) >= 11 is 0. The number of para-hydroxylation sites is 1. The average Bonchev–Trinajstić information content (AvgIpc) is 2.81. The molecule has 0 aliphatic heterocycles. The molecule has 0 heterocycles. The first-order chi connectivity index (χ1) is 14.9. The van der Waals surface area contributed by atoms with E-state index in [9.17, 15) is 0 Å². The van der Waals surface area contributed by atoms with E-state index >= 15 is 0 Å². The van der Waals surface area contributed by atoms with Crippen LogP contribution < -0.4 is 5.32 Å². The predicted octanol–water partition coefficient (Wildman–Crippen LogP) is 7.74. The van der Waals surface area contributed by atoms with Crippen molar-refractivity contribution in [3.05, 3.63) is 90.6 Å². The summed E-state index contributed by atoms with van der Waals surface area (Å²) in [6.45, 7) is 3.13. The van der Waals surface area contributed by atoms with E-state index < -0.39 is 0 Å². The fourth-order valence-electron chi connectivity index (χ4n) is 3.97. The van der Waals surface area contributed by atoms with Crippen molar-refractivity contribution in [3.8, 4) is 22.3 Å².